The maximum Gasteiger partial charge on any atom is 0.257 e. The molecule has 7 nitrogen and oxygen atoms in total. The molecule has 0 unspecified atom stereocenters. The molecule has 0 saturated heterocycles. The Bertz CT molecular complexity index is 541. The molecule has 0 aromatic carbocycles. The van der Waals surface area contributed by atoms with E-state index < -0.39 is 0 Å². The normalized spacial score (nSPS) is 10.3. The molecule has 0 radical (unpaired) electrons. The molecule has 0 aliphatic heterocycles. The van der Waals surface area contributed by atoms with Crippen molar-refractivity contribution < 1.29 is 4.79 Å². The van der Waals surface area contributed by atoms with E-state index in [0.29, 0.717) is 16.5 Å². The second-order valence-corrected chi connectivity index (χ2v) is 4.38. The Hall–Kier alpha value is -2.09. The third-order valence-electron chi connectivity index (χ3n) is 2.19. The van der Waals surface area contributed by atoms with Crippen LogP contribution in [0.25, 0.3) is 0 Å². The average molecular weight is 264 g/mol. The molecule has 1 amide bonds. The third-order valence-corrected chi connectivity index (χ3v) is 2.70. The summed E-state index contributed by atoms with van der Waals surface area (Å²) in [5.74, 6) is 0.0430. The fourth-order valence-electron chi connectivity index (χ4n) is 1.48. The number of nitrogen functional groups attached to an aromatic ring is 1. The molecule has 0 aliphatic rings. The van der Waals surface area contributed by atoms with Gasteiger partial charge in [-0.15, -0.1) is 0 Å². The predicted octanol–water partition coefficient (Wildman–Crippen LogP) is 1.12. The van der Waals surface area contributed by atoms with Crippen molar-refractivity contribution >= 4 is 28.4 Å². The first-order valence-electron chi connectivity index (χ1n) is 5.42. The number of aryl methyl sites for hydroxylation is 1. The highest BCUT2D eigenvalue weighted by Crippen LogP contribution is 2.12. The monoisotopic (exact) mass is 264 g/mol. The van der Waals surface area contributed by atoms with Crippen molar-refractivity contribution in [2.45, 2.75) is 19.8 Å². The maximum absolute atomic E-state index is 11.9. The SMILES string of the molecule is CCCc1cc(C(=O)Nc2nnns2)cc(N)n1. The van der Waals surface area contributed by atoms with Crippen molar-refractivity contribution in [3.63, 3.8) is 0 Å². The Morgan fingerprint density at radius 3 is 3.00 bits per heavy atom. The number of carbonyl (C=O) groups is 1. The molecule has 2 aromatic rings. The van der Waals surface area contributed by atoms with Gasteiger partial charge in [0.2, 0.25) is 5.13 Å². The third kappa shape index (κ3) is 2.98. The van der Waals surface area contributed by atoms with Crippen LogP contribution in [-0.2, 0) is 6.42 Å². The van der Waals surface area contributed by atoms with Gasteiger partial charge >= 0.3 is 0 Å². The Morgan fingerprint density at radius 2 is 2.33 bits per heavy atom. The van der Waals surface area contributed by atoms with Crippen LogP contribution in [0.1, 0.15) is 29.4 Å². The number of nitrogens with zero attached hydrogens (tertiary/aromatic N) is 4. The van der Waals surface area contributed by atoms with E-state index in [1.54, 1.807) is 6.07 Å². The van der Waals surface area contributed by atoms with Gasteiger partial charge in [0.05, 0.1) is 0 Å². The number of nitrogens with one attached hydrogen (secondary N) is 1. The van der Waals surface area contributed by atoms with Gasteiger partial charge in [0.15, 0.2) is 0 Å². The van der Waals surface area contributed by atoms with E-state index >= 15 is 0 Å². The summed E-state index contributed by atoms with van der Waals surface area (Å²) in [5.41, 5.74) is 6.94. The van der Waals surface area contributed by atoms with Crippen molar-refractivity contribution in [3.8, 4) is 0 Å². The van der Waals surface area contributed by atoms with Crippen LogP contribution < -0.4 is 11.1 Å². The Balaban J connectivity index is 2.19. The van der Waals surface area contributed by atoms with Gasteiger partial charge in [-0.2, -0.15) is 0 Å². The Labute approximate surface area is 108 Å². The molecule has 2 aromatic heterocycles. The van der Waals surface area contributed by atoms with E-state index in [0.717, 1.165) is 30.1 Å². The first-order chi connectivity index (χ1) is 8.69. The molecule has 8 heteroatoms. The van der Waals surface area contributed by atoms with Gasteiger partial charge in [0, 0.05) is 22.8 Å². The highest BCUT2D eigenvalue weighted by atomic mass is 32.1. The molecule has 0 fully saturated rings. The van der Waals surface area contributed by atoms with Gasteiger partial charge in [-0.25, -0.2) is 4.98 Å². The summed E-state index contributed by atoms with van der Waals surface area (Å²) in [6.45, 7) is 2.04. The lowest BCUT2D eigenvalue weighted by Crippen LogP contribution is -2.13. The van der Waals surface area contributed by atoms with Crippen LogP contribution in [-0.4, -0.2) is 25.7 Å². The topological polar surface area (TPSA) is 107 Å². The van der Waals surface area contributed by atoms with E-state index in [4.69, 9.17) is 5.73 Å². The zero-order valence-electron chi connectivity index (χ0n) is 9.75. The van der Waals surface area contributed by atoms with Crippen LogP contribution in [0, 0.1) is 0 Å². The summed E-state index contributed by atoms with van der Waals surface area (Å²) in [6, 6.07) is 3.26. The van der Waals surface area contributed by atoms with Crippen molar-refractivity contribution in [2.24, 2.45) is 0 Å². The Morgan fingerprint density at radius 1 is 1.50 bits per heavy atom. The number of hydrogen-bond acceptors (Lipinski definition) is 7. The minimum Gasteiger partial charge on any atom is -0.384 e. The quantitative estimate of drug-likeness (QED) is 0.856. The molecule has 0 aliphatic carbocycles. The second kappa shape index (κ2) is 5.50. The molecule has 18 heavy (non-hydrogen) atoms. The predicted molar refractivity (Wildman–Crippen MR) is 68.3 cm³/mol. The van der Waals surface area contributed by atoms with Crippen molar-refractivity contribution in [3.05, 3.63) is 23.4 Å². The van der Waals surface area contributed by atoms with Gasteiger partial charge in [-0.1, -0.05) is 22.9 Å². The van der Waals surface area contributed by atoms with Crippen LogP contribution in [0.4, 0.5) is 10.9 Å². The van der Waals surface area contributed by atoms with Gasteiger partial charge in [0.25, 0.3) is 5.91 Å². The Kier molecular flexibility index (Phi) is 3.78. The fraction of sp³-hybridized carbons (Fsp3) is 0.300. The van der Waals surface area contributed by atoms with Crippen molar-refractivity contribution in [1.29, 1.82) is 0 Å². The number of nitrogens with two attached hydrogens (primary N) is 1. The number of carbonyl (C=O) groups excluding carboxylic acids is 1. The number of pyridine rings is 1. The van der Waals surface area contributed by atoms with Gasteiger partial charge in [0.1, 0.15) is 5.82 Å². The second-order valence-electron chi connectivity index (χ2n) is 3.64. The molecule has 94 valence electrons. The van der Waals surface area contributed by atoms with E-state index in [9.17, 15) is 4.79 Å². The van der Waals surface area contributed by atoms with Crippen LogP contribution in [0.3, 0.4) is 0 Å². The lowest BCUT2D eigenvalue weighted by Gasteiger charge is -2.05. The minimum absolute atomic E-state index is 0.292. The molecule has 0 saturated carbocycles. The van der Waals surface area contributed by atoms with Crippen molar-refractivity contribution in [2.75, 3.05) is 11.1 Å². The highest BCUT2D eigenvalue weighted by Gasteiger charge is 2.11. The summed E-state index contributed by atoms with van der Waals surface area (Å²) in [7, 11) is 0. The summed E-state index contributed by atoms with van der Waals surface area (Å²) in [6.07, 6.45) is 1.73. The summed E-state index contributed by atoms with van der Waals surface area (Å²) >= 11 is 1.01. The van der Waals surface area contributed by atoms with Crippen molar-refractivity contribution in [1.82, 2.24) is 19.8 Å². The van der Waals surface area contributed by atoms with Gasteiger partial charge < -0.3 is 5.73 Å². The first-order valence-corrected chi connectivity index (χ1v) is 6.19. The van der Waals surface area contributed by atoms with E-state index in [1.165, 1.54) is 6.07 Å². The molecular formula is C10H12N6OS. The zero-order valence-corrected chi connectivity index (χ0v) is 10.6. The standard InChI is InChI=1S/C10H12N6OS/c1-2-3-7-4-6(5-8(11)12-7)9(17)13-10-14-15-16-18-10/h4-5H,2-3H2,1H3,(H2,11,12)(H,13,14,16,17). The minimum atomic E-state index is -0.292. The summed E-state index contributed by atoms with van der Waals surface area (Å²) in [5, 5.41) is 9.99. The molecular weight excluding hydrogens is 252 g/mol. The molecule has 0 atom stereocenters. The summed E-state index contributed by atoms with van der Waals surface area (Å²) < 4.78 is 3.56. The summed E-state index contributed by atoms with van der Waals surface area (Å²) in [4.78, 5) is 16.1. The van der Waals surface area contributed by atoms with Gasteiger partial charge in [-0.3, -0.25) is 10.1 Å². The number of amides is 1. The largest absolute Gasteiger partial charge is 0.384 e. The maximum atomic E-state index is 11.9. The highest BCUT2D eigenvalue weighted by molar-refractivity contribution is 7.09. The average Bonchev–Trinajstić information content (AvgIpc) is 2.81. The number of aromatic nitrogens is 4. The van der Waals surface area contributed by atoms with Gasteiger partial charge in [-0.05, 0) is 23.8 Å². The van der Waals surface area contributed by atoms with Crippen LogP contribution in [0.5, 0.6) is 0 Å². The zero-order chi connectivity index (χ0) is 13.0. The van der Waals surface area contributed by atoms with Crippen LogP contribution in [0.2, 0.25) is 0 Å². The number of hydrogen-bond donors (Lipinski definition) is 2. The van der Waals surface area contributed by atoms with Crippen LogP contribution >= 0.6 is 11.5 Å². The molecule has 0 bridgehead atoms. The molecule has 2 heterocycles. The number of anilines is 2. The first kappa shape index (κ1) is 12.4. The van der Waals surface area contributed by atoms with Crippen LogP contribution in [0.15, 0.2) is 12.1 Å². The van der Waals surface area contributed by atoms with E-state index in [2.05, 4.69) is 25.1 Å². The lowest BCUT2D eigenvalue weighted by molar-refractivity contribution is 0.102. The fourth-order valence-corrected chi connectivity index (χ4v) is 1.84. The molecule has 2 rings (SSSR count). The lowest BCUT2D eigenvalue weighted by atomic mass is 10.1. The molecule has 3 N–H and O–H groups in total. The smallest absolute Gasteiger partial charge is 0.257 e. The van der Waals surface area contributed by atoms with E-state index in [-0.39, 0.29) is 5.91 Å². The van der Waals surface area contributed by atoms with E-state index in [1.807, 2.05) is 6.92 Å². The number of rotatable bonds is 4. The molecule has 0 spiro atoms.